The summed E-state index contributed by atoms with van der Waals surface area (Å²) in [5.74, 6) is -0.897. The van der Waals surface area contributed by atoms with Crippen molar-refractivity contribution in [2.45, 2.75) is 25.9 Å². The van der Waals surface area contributed by atoms with E-state index in [2.05, 4.69) is 9.97 Å². The van der Waals surface area contributed by atoms with Gasteiger partial charge in [0.2, 0.25) is 0 Å². The number of H-pyrrole nitrogens is 1. The number of imidazole rings is 1. The Balaban J connectivity index is 1.96. The highest BCUT2D eigenvalue weighted by Crippen LogP contribution is 2.24. The summed E-state index contributed by atoms with van der Waals surface area (Å²) in [5, 5.41) is 9.33. The molecule has 3 heterocycles. The number of hydrogen-bond acceptors (Lipinski definition) is 4. The molecule has 0 spiro atoms. The minimum absolute atomic E-state index is 0.204. The van der Waals surface area contributed by atoms with Crippen molar-refractivity contribution in [3.63, 3.8) is 0 Å². The Morgan fingerprint density at radius 2 is 2.35 bits per heavy atom. The molecule has 0 aromatic carbocycles. The number of furan rings is 1. The predicted molar refractivity (Wildman–Crippen MR) is 67.0 cm³/mol. The zero-order valence-corrected chi connectivity index (χ0v) is 10.8. The maximum Gasteiger partial charge on any atom is 0.326 e. The molecule has 7 nitrogen and oxygen atoms in total. The van der Waals surface area contributed by atoms with Crippen LogP contribution in [0.3, 0.4) is 0 Å². The number of carbonyl (C=O) groups is 2. The molecule has 20 heavy (non-hydrogen) atoms. The van der Waals surface area contributed by atoms with Gasteiger partial charge in [-0.25, -0.2) is 9.78 Å². The average molecular weight is 275 g/mol. The van der Waals surface area contributed by atoms with E-state index in [-0.39, 0.29) is 18.9 Å². The van der Waals surface area contributed by atoms with Gasteiger partial charge in [0.25, 0.3) is 5.91 Å². The van der Waals surface area contributed by atoms with Gasteiger partial charge in [0.05, 0.1) is 36.1 Å². The van der Waals surface area contributed by atoms with Crippen LogP contribution in [0.15, 0.2) is 23.1 Å². The lowest BCUT2D eigenvalue weighted by atomic mass is 10.0. The minimum Gasteiger partial charge on any atom is -0.480 e. The van der Waals surface area contributed by atoms with Gasteiger partial charge in [-0.15, -0.1) is 0 Å². The molecule has 0 bridgehead atoms. The van der Waals surface area contributed by atoms with Gasteiger partial charge in [-0.3, -0.25) is 4.79 Å². The molecule has 3 rings (SSSR count). The number of carboxylic acid groups (broad SMARTS) is 1. The molecule has 1 amide bonds. The van der Waals surface area contributed by atoms with Crippen LogP contribution in [-0.2, 0) is 17.8 Å². The molecule has 0 radical (unpaired) electrons. The minimum atomic E-state index is -1.03. The second-order valence-corrected chi connectivity index (χ2v) is 4.71. The number of hydrogen-bond donors (Lipinski definition) is 2. The molecule has 1 unspecified atom stereocenters. The first-order valence-corrected chi connectivity index (χ1v) is 6.17. The second kappa shape index (κ2) is 4.52. The van der Waals surface area contributed by atoms with Crippen molar-refractivity contribution >= 4 is 11.9 Å². The molecule has 7 heteroatoms. The van der Waals surface area contributed by atoms with Crippen LogP contribution in [-0.4, -0.2) is 37.9 Å². The number of aromatic nitrogens is 2. The fraction of sp³-hybridized carbons (Fsp3) is 0.308. The largest absolute Gasteiger partial charge is 0.480 e. The normalized spacial score (nSPS) is 17.9. The highest BCUT2D eigenvalue weighted by molar-refractivity contribution is 5.97. The summed E-state index contributed by atoms with van der Waals surface area (Å²) in [6.45, 7) is 1.88. The molecule has 0 aliphatic carbocycles. The van der Waals surface area contributed by atoms with E-state index >= 15 is 0 Å². The van der Waals surface area contributed by atoms with E-state index in [1.165, 1.54) is 17.5 Å². The highest BCUT2D eigenvalue weighted by Gasteiger charge is 2.37. The fourth-order valence-corrected chi connectivity index (χ4v) is 2.43. The molecule has 1 aliphatic rings. The summed E-state index contributed by atoms with van der Waals surface area (Å²) >= 11 is 0. The van der Waals surface area contributed by atoms with E-state index in [0.29, 0.717) is 17.0 Å². The van der Waals surface area contributed by atoms with Gasteiger partial charge >= 0.3 is 5.97 Å². The Hall–Kier alpha value is -2.57. The summed E-state index contributed by atoms with van der Waals surface area (Å²) in [5.41, 5.74) is 1.86. The van der Waals surface area contributed by atoms with Crippen LogP contribution in [0.2, 0.25) is 0 Å². The first-order chi connectivity index (χ1) is 9.58. The maximum absolute atomic E-state index is 12.5. The monoisotopic (exact) mass is 275 g/mol. The maximum atomic E-state index is 12.5. The van der Waals surface area contributed by atoms with Gasteiger partial charge in [-0.1, -0.05) is 0 Å². The van der Waals surface area contributed by atoms with Crippen molar-refractivity contribution in [1.82, 2.24) is 14.9 Å². The summed E-state index contributed by atoms with van der Waals surface area (Å²) in [7, 11) is 0. The molecular weight excluding hydrogens is 262 g/mol. The standard InChI is InChI=1S/C13H13N3O4/c1-7-8(2-3-20-7)12(17)16-5-10-9(14-6-15-10)4-11(16)13(18)19/h2-3,6,11H,4-5H2,1H3,(H,14,15)(H,18,19). The molecule has 1 atom stereocenters. The summed E-state index contributed by atoms with van der Waals surface area (Å²) in [6.07, 6.45) is 3.14. The van der Waals surface area contributed by atoms with Crippen LogP contribution in [0.25, 0.3) is 0 Å². The third-order valence-corrected chi connectivity index (χ3v) is 3.53. The van der Waals surface area contributed by atoms with Gasteiger partial charge in [0, 0.05) is 6.42 Å². The highest BCUT2D eigenvalue weighted by atomic mass is 16.4. The summed E-state index contributed by atoms with van der Waals surface area (Å²) in [4.78, 5) is 32.3. The van der Waals surface area contributed by atoms with E-state index in [9.17, 15) is 14.7 Å². The van der Waals surface area contributed by atoms with E-state index in [0.717, 1.165) is 5.69 Å². The number of aryl methyl sites for hydroxylation is 1. The van der Waals surface area contributed by atoms with Crippen LogP contribution in [0.4, 0.5) is 0 Å². The van der Waals surface area contributed by atoms with Gasteiger partial charge < -0.3 is 19.4 Å². The van der Waals surface area contributed by atoms with Crippen molar-refractivity contribution in [2.75, 3.05) is 0 Å². The topological polar surface area (TPSA) is 99.4 Å². The van der Waals surface area contributed by atoms with Gasteiger partial charge in [-0.2, -0.15) is 0 Å². The van der Waals surface area contributed by atoms with E-state index in [1.54, 1.807) is 13.0 Å². The third kappa shape index (κ3) is 1.87. The van der Waals surface area contributed by atoms with E-state index in [4.69, 9.17) is 4.42 Å². The molecule has 104 valence electrons. The number of aliphatic carboxylic acids is 1. The van der Waals surface area contributed by atoms with E-state index < -0.39 is 12.0 Å². The summed E-state index contributed by atoms with van der Waals surface area (Å²) in [6, 6.07) is 0.645. The zero-order chi connectivity index (χ0) is 14.3. The third-order valence-electron chi connectivity index (χ3n) is 3.53. The van der Waals surface area contributed by atoms with Crippen LogP contribution in [0.5, 0.6) is 0 Å². The first kappa shape index (κ1) is 12.5. The lowest BCUT2D eigenvalue weighted by Crippen LogP contribution is -2.48. The molecule has 1 aliphatic heterocycles. The Kier molecular flexibility index (Phi) is 2.81. The first-order valence-electron chi connectivity index (χ1n) is 6.17. The molecule has 2 aromatic rings. The molecule has 0 saturated carbocycles. The average Bonchev–Trinajstić information content (AvgIpc) is 3.04. The van der Waals surface area contributed by atoms with Crippen molar-refractivity contribution in [3.8, 4) is 0 Å². The number of carboxylic acids is 1. The lowest BCUT2D eigenvalue weighted by molar-refractivity contribution is -0.142. The van der Waals surface area contributed by atoms with Crippen molar-refractivity contribution in [3.05, 3.63) is 41.4 Å². The zero-order valence-electron chi connectivity index (χ0n) is 10.8. The lowest BCUT2D eigenvalue weighted by Gasteiger charge is -2.32. The Bertz CT molecular complexity index is 673. The van der Waals surface area contributed by atoms with Crippen molar-refractivity contribution < 1.29 is 19.1 Å². The van der Waals surface area contributed by atoms with Crippen LogP contribution in [0.1, 0.15) is 27.5 Å². The molecule has 0 saturated heterocycles. The molecule has 2 N–H and O–H groups in total. The SMILES string of the molecule is Cc1occc1C(=O)N1Cc2[nH]cnc2CC1C(=O)O. The number of fused-ring (bicyclic) bond motifs is 1. The number of amides is 1. The second-order valence-electron chi connectivity index (χ2n) is 4.71. The van der Waals surface area contributed by atoms with Crippen LogP contribution >= 0.6 is 0 Å². The number of rotatable bonds is 2. The van der Waals surface area contributed by atoms with Crippen LogP contribution in [0, 0.1) is 6.92 Å². The fourth-order valence-electron chi connectivity index (χ4n) is 2.43. The Morgan fingerprint density at radius 1 is 1.55 bits per heavy atom. The van der Waals surface area contributed by atoms with Gasteiger partial charge in [-0.05, 0) is 13.0 Å². The van der Waals surface area contributed by atoms with Gasteiger partial charge in [0.1, 0.15) is 11.8 Å². The predicted octanol–water partition coefficient (Wildman–Crippen LogP) is 0.963. The summed E-state index contributed by atoms with van der Waals surface area (Å²) < 4.78 is 5.11. The van der Waals surface area contributed by atoms with Crippen molar-refractivity contribution in [2.24, 2.45) is 0 Å². The Morgan fingerprint density at radius 3 is 3.00 bits per heavy atom. The molecule has 0 fully saturated rings. The molecule has 2 aromatic heterocycles. The van der Waals surface area contributed by atoms with Crippen LogP contribution < -0.4 is 0 Å². The number of aromatic amines is 1. The van der Waals surface area contributed by atoms with Crippen molar-refractivity contribution in [1.29, 1.82) is 0 Å². The smallest absolute Gasteiger partial charge is 0.326 e. The molecular formula is C13H13N3O4. The number of nitrogens with zero attached hydrogens (tertiary/aromatic N) is 2. The number of nitrogens with one attached hydrogen (secondary N) is 1. The number of carbonyl (C=O) groups excluding carboxylic acids is 1. The van der Waals surface area contributed by atoms with E-state index in [1.807, 2.05) is 0 Å². The quantitative estimate of drug-likeness (QED) is 0.850. The van der Waals surface area contributed by atoms with Gasteiger partial charge in [0.15, 0.2) is 0 Å². The Labute approximate surface area is 114 Å².